The number of rotatable bonds is 4. The highest BCUT2D eigenvalue weighted by Crippen LogP contribution is 2.23. The Morgan fingerprint density at radius 1 is 1.69 bits per heavy atom. The lowest BCUT2D eigenvalue weighted by Crippen LogP contribution is -2.15. The standard InChI is InChI=1S/C6H9BrN2O2S2/c1-2-3-13(10,11)9-6-8-4-5(7)12-6/h4H,2-3H2,1H3,(H,8,9). The second kappa shape index (κ2) is 4.39. The SMILES string of the molecule is CCCS(=O)(=O)Nc1ncc(Br)s1. The van der Waals surface area contributed by atoms with Crippen LogP contribution in [0.3, 0.4) is 0 Å². The van der Waals surface area contributed by atoms with Gasteiger partial charge in [0.25, 0.3) is 0 Å². The molecule has 0 spiro atoms. The Balaban J connectivity index is 2.69. The highest BCUT2D eigenvalue weighted by atomic mass is 79.9. The minimum Gasteiger partial charge on any atom is -0.259 e. The van der Waals surface area contributed by atoms with Crippen LogP contribution in [0.25, 0.3) is 0 Å². The van der Waals surface area contributed by atoms with Gasteiger partial charge in [-0.2, -0.15) is 0 Å². The molecule has 0 atom stereocenters. The second-order valence-electron chi connectivity index (χ2n) is 2.39. The van der Waals surface area contributed by atoms with Gasteiger partial charge in [0.05, 0.1) is 15.7 Å². The van der Waals surface area contributed by atoms with Gasteiger partial charge in [-0.15, -0.1) is 0 Å². The molecule has 7 heteroatoms. The Bertz CT molecular complexity index is 374. The number of sulfonamides is 1. The molecule has 0 bridgehead atoms. The van der Waals surface area contributed by atoms with Gasteiger partial charge in [0.1, 0.15) is 0 Å². The largest absolute Gasteiger partial charge is 0.259 e. The van der Waals surface area contributed by atoms with Crippen molar-refractivity contribution in [2.45, 2.75) is 13.3 Å². The van der Waals surface area contributed by atoms with Crippen LogP contribution in [-0.2, 0) is 10.0 Å². The van der Waals surface area contributed by atoms with Crippen LogP contribution in [0, 0.1) is 0 Å². The summed E-state index contributed by atoms with van der Waals surface area (Å²) in [4.78, 5) is 3.86. The van der Waals surface area contributed by atoms with Crippen LogP contribution in [0.5, 0.6) is 0 Å². The van der Waals surface area contributed by atoms with Crippen molar-refractivity contribution in [2.24, 2.45) is 0 Å². The van der Waals surface area contributed by atoms with Gasteiger partial charge in [-0.25, -0.2) is 13.4 Å². The van der Waals surface area contributed by atoms with Crippen molar-refractivity contribution in [1.82, 2.24) is 4.98 Å². The van der Waals surface area contributed by atoms with E-state index in [0.29, 0.717) is 11.6 Å². The van der Waals surface area contributed by atoms with E-state index in [-0.39, 0.29) is 5.75 Å². The molecule has 0 radical (unpaired) electrons. The fraction of sp³-hybridized carbons (Fsp3) is 0.500. The van der Waals surface area contributed by atoms with Crippen molar-refractivity contribution in [3.05, 3.63) is 9.98 Å². The number of nitrogens with one attached hydrogen (secondary N) is 1. The Morgan fingerprint density at radius 3 is 2.85 bits per heavy atom. The smallest absolute Gasteiger partial charge is 0.234 e. The third kappa shape index (κ3) is 3.61. The highest BCUT2D eigenvalue weighted by molar-refractivity contribution is 9.11. The minimum atomic E-state index is -3.19. The van der Waals surface area contributed by atoms with Gasteiger partial charge < -0.3 is 0 Å². The molecule has 74 valence electrons. The summed E-state index contributed by atoms with van der Waals surface area (Å²) in [5, 5.41) is 0.403. The minimum absolute atomic E-state index is 0.129. The molecule has 0 saturated carbocycles. The molecule has 4 nitrogen and oxygen atoms in total. The van der Waals surface area contributed by atoms with Crippen LogP contribution in [0.2, 0.25) is 0 Å². The Hall–Kier alpha value is -0.140. The number of thiazole rings is 1. The Morgan fingerprint density at radius 2 is 2.38 bits per heavy atom. The number of hydrogen-bond acceptors (Lipinski definition) is 4. The summed E-state index contributed by atoms with van der Waals surface area (Å²) >= 11 is 4.46. The molecule has 0 aliphatic rings. The van der Waals surface area contributed by atoms with Crippen LogP contribution in [0.15, 0.2) is 9.98 Å². The molecule has 0 aliphatic carbocycles. The zero-order chi connectivity index (χ0) is 9.90. The molecule has 0 saturated heterocycles. The van der Waals surface area contributed by atoms with Gasteiger partial charge in [-0.3, -0.25) is 4.72 Å². The van der Waals surface area contributed by atoms with Crippen LogP contribution in [-0.4, -0.2) is 19.2 Å². The maximum atomic E-state index is 11.2. The number of hydrogen-bond donors (Lipinski definition) is 1. The van der Waals surface area contributed by atoms with Gasteiger partial charge in [0.15, 0.2) is 5.13 Å². The van der Waals surface area contributed by atoms with Crippen LogP contribution < -0.4 is 4.72 Å². The van der Waals surface area contributed by atoms with Crippen molar-refractivity contribution in [1.29, 1.82) is 0 Å². The summed E-state index contributed by atoms with van der Waals surface area (Å²) in [6, 6.07) is 0. The third-order valence-corrected chi connectivity index (χ3v) is 4.16. The van der Waals surface area contributed by atoms with Crippen molar-refractivity contribution in [2.75, 3.05) is 10.5 Å². The van der Waals surface area contributed by atoms with Gasteiger partial charge in [0, 0.05) is 0 Å². The van der Waals surface area contributed by atoms with E-state index in [1.807, 2.05) is 6.92 Å². The number of halogens is 1. The highest BCUT2D eigenvalue weighted by Gasteiger charge is 2.10. The molecule has 1 N–H and O–H groups in total. The molecule has 0 aliphatic heterocycles. The quantitative estimate of drug-likeness (QED) is 0.921. The van der Waals surface area contributed by atoms with E-state index >= 15 is 0 Å². The number of nitrogens with zero attached hydrogens (tertiary/aromatic N) is 1. The first-order valence-corrected chi connectivity index (χ1v) is 6.91. The van der Waals surface area contributed by atoms with Crippen LogP contribution in [0.4, 0.5) is 5.13 Å². The summed E-state index contributed by atoms with van der Waals surface area (Å²) in [6.45, 7) is 1.82. The average molecular weight is 285 g/mol. The molecule has 0 unspecified atom stereocenters. The van der Waals surface area contributed by atoms with Crippen LogP contribution in [0.1, 0.15) is 13.3 Å². The lowest BCUT2D eigenvalue weighted by atomic mass is 10.6. The number of aromatic nitrogens is 1. The molecular formula is C6H9BrN2O2S2. The summed E-state index contributed by atoms with van der Waals surface area (Å²) in [7, 11) is -3.19. The number of anilines is 1. The van der Waals surface area contributed by atoms with Crippen molar-refractivity contribution in [3.8, 4) is 0 Å². The van der Waals surface area contributed by atoms with Gasteiger partial charge in [-0.1, -0.05) is 18.3 Å². The zero-order valence-corrected chi connectivity index (χ0v) is 10.2. The van der Waals surface area contributed by atoms with Crippen molar-refractivity contribution < 1.29 is 8.42 Å². The first-order valence-electron chi connectivity index (χ1n) is 3.65. The van der Waals surface area contributed by atoms with Gasteiger partial charge in [-0.05, 0) is 22.4 Å². The zero-order valence-electron chi connectivity index (χ0n) is 6.95. The van der Waals surface area contributed by atoms with E-state index in [2.05, 4.69) is 25.6 Å². The van der Waals surface area contributed by atoms with Gasteiger partial charge in [0.2, 0.25) is 10.0 Å². The Labute approximate surface area is 89.6 Å². The summed E-state index contributed by atoms with van der Waals surface area (Å²) in [6.07, 6.45) is 2.16. The molecule has 1 heterocycles. The summed E-state index contributed by atoms with van der Waals surface area (Å²) < 4.78 is 25.7. The molecule has 0 aromatic carbocycles. The maximum absolute atomic E-state index is 11.2. The van der Waals surface area contributed by atoms with E-state index in [9.17, 15) is 8.42 Å². The first kappa shape index (κ1) is 10.9. The topological polar surface area (TPSA) is 59.1 Å². The molecule has 0 fully saturated rings. The first-order chi connectivity index (χ1) is 6.03. The fourth-order valence-corrected chi connectivity index (χ4v) is 3.22. The van der Waals surface area contributed by atoms with Crippen molar-refractivity contribution >= 4 is 42.4 Å². The van der Waals surface area contributed by atoms with E-state index in [4.69, 9.17) is 0 Å². The molecule has 1 aromatic rings. The van der Waals surface area contributed by atoms with E-state index in [1.54, 1.807) is 6.20 Å². The second-order valence-corrected chi connectivity index (χ2v) is 6.64. The van der Waals surface area contributed by atoms with E-state index < -0.39 is 10.0 Å². The van der Waals surface area contributed by atoms with Crippen LogP contribution >= 0.6 is 27.3 Å². The monoisotopic (exact) mass is 284 g/mol. The molecule has 1 rings (SSSR count). The maximum Gasteiger partial charge on any atom is 0.234 e. The fourth-order valence-electron chi connectivity index (χ4n) is 0.754. The van der Waals surface area contributed by atoms with E-state index in [1.165, 1.54) is 11.3 Å². The molecule has 13 heavy (non-hydrogen) atoms. The lowest BCUT2D eigenvalue weighted by Gasteiger charge is -2.01. The normalized spacial score (nSPS) is 11.5. The summed E-state index contributed by atoms with van der Waals surface area (Å²) in [5.74, 6) is 0.129. The van der Waals surface area contributed by atoms with Crippen molar-refractivity contribution in [3.63, 3.8) is 0 Å². The predicted octanol–water partition coefficient (Wildman–Crippen LogP) is 2.06. The molecule has 0 amide bonds. The molecular weight excluding hydrogens is 276 g/mol. The van der Waals surface area contributed by atoms with Gasteiger partial charge >= 0.3 is 0 Å². The summed E-state index contributed by atoms with van der Waals surface area (Å²) in [5.41, 5.74) is 0. The van der Waals surface area contributed by atoms with E-state index in [0.717, 1.165) is 3.79 Å². The average Bonchev–Trinajstić information content (AvgIpc) is 2.34. The third-order valence-electron chi connectivity index (χ3n) is 1.19. The Kier molecular flexibility index (Phi) is 3.69. The molecule has 1 aromatic heterocycles. The predicted molar refractivity (Wildman–Crippen MR) is 57.5 cm³/mol. The lowest BCUT2D eigenvalue weighted by molar-refractivity contribution is 0.600.